The Bertz CT molecular complexity index is 294. The van der Waals surface area contributed by atoms with Crippen molar-refractivity contribution in [3.8, 4) is 0 Å². The van der Waals surface area contributed by atoms with Crippen molar-refractivity contribution in [2.45, 2.75) is 44.6 Å². The normalized spacial score (nSPS) is 19.4. The number of rotatable bonds is 6. The number of unbranched alkanes of at least 4 members (excludes halogenated alkanes) is 1. The van der Waals surface area contributed by atoms with Crippen LogP contribution in [0.25, 0.3) is 0 Å². The van der Waals surface area contributed by atoms with Crippen molar-refractivity contribution in [3.63, 3.8) is 0 Å². The monoisotopic (exact) mass is 238 g/mol. The number of H-pyrrole nitrogens is 1. The first kappa shape index (κ1) is 12.6. The lowest BCUT2D eigenvalue weighted by molar-refractivity contribution is 0.0625. The van der Waals surface area contributed by atoms with Crippen LogP contribution in [0.15, 0.2) is 12.4 Å². The Morgan fingerprint density at radius 3 is 2.94 bits per heavy atom. The van der Waals surface area contributed by atoms with Gasteiger partial charge in [-0.25, -0.2) is 4.98 Å². The molecule has 1 aromatic rings. The third kappa shape index (κ3) is 4.13. The maximum absolute atomic E-state index is 9.83. The summed E-state index contributed by atoms with van der Waals surface area (Å²) in [6.45, 7) is 1.86. The minimum absolute atomic E-state index is 0.431. The van der Waals surface area contributed by atoms with Gasteiger partial charge in [0.1, 0.15) is 11.9 Å². The molecule has 1 fully saturated rings. The predicted molar refractivity (Wildman–Crippen MR) is 65.6 cm³/mol. The number of nitrogens with one attached hydrogen (secondary N) is 1. The van der Waals surface area contributed by atoms with Crippen LogP contribution in [-0.2, 0) is 4.74 Å². The molecule has 0 aliphatic carbocycles. The summed E-state index contributed by atoms with van der Waals surface area (Å²) >= 11 is 0. The van der Waals surface area contributed by atoms with E-state index in [1.807, 2.05) is 0 Å². The van der Waals surface area contributed by atoms with Crippen LogP contribution in [0, 0.1) is 5.92 Å². The maximum Gasteiger partial charge on any atom is 0.134 e. The van der Waals surface area contributed by atoms with Crippen LogP contribution in [0.4, 0.5) is 0 Å². The van der Waals surface area contributed by atoms with Gasteiger partial charge in [-0.05, 0) is 25.2 Å². The van der Waals surface area contributed by atoms with Gasteiger partial charge in [-0.15, -0.1) is 0 Å². The topological polar surface area (TPSA) is 58.1 Å². The first-order valence-corrected chi connectivity index (χ1v) is 6.61. The van der Waals surface area contributed by atoms with Gasteiger partial charge in [0.05, 0.1) is 0 Å². The summed E-state index contributed by atoms with van der Waals surface area (Å²) in [5.41, 5.74) is 0. The zero-order chi connectivity index (χ0) is 11.9. The zero-order valence-electron chi connectivity index (χ0n) is 10.3. The van der Waals surface area contributed by atoms with Crippen molar-refractivity contribution in [1.82, 2.24) is 9.97 Å². The summed E-state index contributed by atoms with van der Waals surface area (Å²) in [6.07, 6.45) is 9.76. The number of aliphatic hydroxyl groups is 1. The SMILES string of the molecule is OC(CCCCC1CCOCC1)c1ncc[nH]1. The second-order valence-corrected chi connectivity index (χ2v) is 4.83. The molecule has 0 bridgehead atoms. The fourth-order valence-corrected chi connectivity index (χ4v) is 2.40. The van der Waals surface area contributed by atoms with Crippen molar-refractivity contribution in [3.05, 3.63) is 18.2 Å². The lowest BCUT2D eigenvalue weighted by Gasteiger charge is -2.21. The largest absolute Gasteiger partial charge is 0.385 e. The third-order valence-corrected chi connectivity index (χ3v) is 3.52. The van der Waals surface area contributed by atoms with Crippen LogP contribution in [0.5, 0.6) is 0 Å². The van der Waals surface area contributed by atoms with Crippen LogP contribution >= 0.6 is 0 Å². The van der Waals surface area contributed by atoms with E-state index in [1.165, 1.54) is 25.7 Å². The Morgan fingerprint density at radius 1 is 1.41 bits per heavy atom. The van der Waals surface area contributed by atoms with Crippen LogP contribution in [0.3, 0.4) is 0 Å². The van der Waals surface area contributed by atoms with Crippen LogP contribution in [-0.4, -0.2) is 28.3 Å². The van der Waals surface area contributed by atoms with Crippen molar-refractivity contribution >= 4 is 0 Å². The van der Waals surface area contributed by atoms with Gasteiger partial charge in [0.15, 0.2) is 0 Å². The summed E-state index contributed by atoms with van der Waals surface area (Å²) in [5.74, 6) is 1.53. The molecule has 1 aliphatic heterocycles. The van der Waals surface area contributed by atoms with E-state index < -0.39 is 6.10 Å². The number of aliphatic hydroxyl groups excluding tert-OH is 1. The smallest absolute Gasteiger partial charge is 0.134 e. The molecule has 1 aliphatic rings. The van der Waals surface area contributed by atoms with Crippen molar-refractivity contribution < 1.29 is 9.84 Å². The molecule has 1 saturated heterocycles. The number of imidazole rings is 1. The number of hydrogen-bond acceptors (Lipinski definition) is 3. The molecular formula is C13H22N2O2. The van der Waals surface area contributed by atoms with Gasteiger partial charge in [0.25, 0.3) is 0 Å². The first-order chi connectivity index (χ1) is 8.36. The second kappa shape index (κ2) is 6.77. The van der Waals surface area contributed by atoms with Crippen LogP contribution in [0.2, 0.25) is 0 Å². The molecule has 2 heterocycles. The Hall–Kier alpha value is -0.870. The molecule has 2 rings (SSSR count). The Morgan fingerprint density at radius 2 is 2.24 bits per heavy atom. The summed E-state index contributed by atoms with van der Waals surface area (Å²) in [6, 6.07) is 0. The van der Waals surface area contributed by atoms with Crippen molar-refractivity contribution in [2.75, 3.05) is 13.2 Å². The molecule has 0 aromatic carbocycles. The average Bonchev–Trinajstić information content (AvgIpc) is 2.89. The van der Waals surface area contributed by atoms with E-state index in [9.17, 15) is 5.11 Å². The molecule has 17 heavy (non-hydrogen) atoms. The number of nitrogens with zero attached hydrogens (tertiary/aromatic N) is 1. The van der Waals surface area contributed by atoms with E-state index in [2.05, 4.69) is 9.97 Å². The zero-order valence-corrected chi connectivity index (χ0v) is 10.3. The molecule has 4 nitrogen and oxygen atoms in total. The number of hydrogen-bond donors (Lipinski definition) is 2. The minimum atomic E-state index is -0.431. The van der Waals surface area contributed by atoms with E-state index >= 15 is 0 Å². The van der Waals surface area contributed by atoms with Crippen LogP contribution < -0.4 is 0 Å². The maximum atomic E-state index is 9.83. The van der Waals surface area contributed by atoms with Gasteiger partial charge < -0.3 is 14.8 Å². The lowest BCUT2D eigenvalue weighted by Crippen LogP contribution is -2.15. The van der Waals surface area contributed by atoms with Gasteiger partial charge in [-0.1, -0.05) is 19.3 Å². The highest BCUT2D eigenvalue weighted by atomic mass is 16.5. The second-order valence-electron chi connectivity index (χ2n) is 4.83. The molecule has 1 aromatic heterocycles. The number of aromatic amines is 1. The molecule has 4 heteroatoms. The Balaban J connectivity index is 1.56. The fourth-order valence-electron chi connectivity index (χ4n) is 2.40. The van der Waals surface area contributed by atoms with E-state index in [-0.39, 0.29) is 0 Å². The van der Waals surface area contributed by atoms with Gasteiger partial charge in [0, 0.05) is 25.6 Å². The quantitative estimate of drug-likeness (QED) is 0.748. The average molecular weight is 238 g/mol. The molecule has 2 N–H and O–H groups in total. The van der Waals surface area contributed by atoms with E-state index in [0.717, 1.165) is 32.0 Å². The molecule has 1 unspecified atom stereocenters. The molecule has 0 saturated carbocycles. The van der Waals surface area contributed by atoms with Crippen LogP contribution in [0.1, 0.15) is 50.5 Å². The highest BCUT2D eigenvalue weighted by molar-refractivity contribution is 4.91. The molecule has 0 radical (unpaired) electrons. The first-order valence-electron chi connectivity index (χ1n) is 6.61. The van der Waals surface area contributed by atoms with Crippen molar-refractivity contribution in [2.24, 2.45) is 5.92 Å². The lowest BCUT2D eigenvalue weighted by atomic mass is 9.93. The molecule has 96 valence electrons. The highest BCUT2D eigenvalue weighted by Crippen LogP contribution is 2.23. The van der Waals surface area contributed by atoms with E-state index in [4.69, 9.17) is 4.74 Å². The van der Waals surface area contributed by atoms with Gasteiger partial charge in [0.2, 0.25) is 0 Å². The van der Waals surface area contributed by atoms with Gasteiger partial charge in [-0.2, -0.15) is 0 Å². The number of ether oxygens (including phenoxy) is 1. The number of aromatic nitrogens is 2. The Labute approximate surface area is 102 Å². The molecule has 1 atom stereocenters. The summed E-state index contributed by atoms with van der Waals surface area (Å²) in [7, 11) is 0. The van der Waals surface area contributed by atoms with Gasteiger partial charge >= 0.3 is 0 Å². The van der Waals surface area contributed by atoms with E-state index in [1.54, 1.807) is 12.4 Å². The molecule has 0 spiro atoms. The summed E-state index contributed by atoms with van der Waals surface area (Å²) in [5, 5.41) is 9.83. The fraction of sp³-hybridized carbons (Fsp3) is 0.769. The standard InChI is InChI=1S/C13H22N2O2/c16-12(13-14-7-8-15-13)4-2-1-3-11-5-9-17-10-6-11/h7-8,11-12,16H,1-6,9-10H2,(H,14,15). The Kier molecular flexibility index (Phi) is 5.01. The minimum Gasteiger partial charge on any atom is -0.385 e. The third-order valence-electron chi connectivity index (χ3n) is 3.52. The molecular weight excluding hydrogens is 216 g/mol. The summed E-state index contributed by atoms with van der Waals surface area (Å²) < 4.78 is 5.34. The van der Waals surface area contributed by atoms with Gasteiger partial charge in [-0.3, -0.25) is 0 Å². The van der Waals surface area contributed by atoms with E-state index in [0.29, 0.717) is 5.82 Å². The predicted octanol–water partition coefficient (Wildman–Crippen LogP) is 2.43. The van der Waals surface area contributed by atoms with Crippen molar-refractivity contribution in [1.29, 1.82) is 0 Å². The highest BCUT2D eigenvalue weighted by Gasteiger charge is 2.14. The molecule has 0 amide bonds. The summed E-state index contributed by atoms with van der Waals surface area (Å²) in [4.78, 5) is 7.01.